The topological polar surface area (TPSA) is 61.6 Å². The molecule has 0 atom stereocenters. The lowest BCUT2D eigenvalue weighted by Crippen LogP contribution is -2.05. The molecule has 0 aromatic carbocycles. The van der Waals surface area contributed by atoms with Gasteiger partial charge in [0.25, 0.3) is 0 Å². The van der Waals surface area contributed by atoms with E-state index in [9.17, 15) is 0 Å². The molecule has 0 unspecified atom stereocenters. The van der Waals surface area contributed by atoms with Crippen molar-refractivity contribution in [2.45, 2.75) is 12.8 Å². The smallest absolute Gasteiger partial charge is 0.149 e. The highest BCUT2D eigenvalue weighted by Crippen LogP contribution is 2.28. The lowest BCUT2D eigenvalue weighted by atomic mass is 10.3. The zero-order valence-corrected chi connectivity index (χ0v) is 7.20. The van der Waals surface area contributed by atoms with Crippen molar-refractivity contribution in [1.29, 1.82) is 5.26 Å². The lowest BCUT2D eigenvalue weighted by molar-refractivity contribution is 0.872. The average Bonchev–Trinajstić information content (AvgIpc) is 2.99. The summed E-state index contributed by atoms with van der Waals surface area (Å²) in [6.07, 6.45) is 4.07. The summed E-state index contributed by atoms with van der Waals surface area (Å²) in [7, 11) is 0. The first-order valence-electron chi connectivity index (χ1n) is 4.35. The summed E-state index contributed by atoms with van der Waals surface area (Å²) in [4.78, 5) is 0. The minimum atomic E-state index is 0.549. The van der Waals surface area contributed by atoms with Crippen LogP contribution in [0.25, 0.3) is 0 Å². The second-order valence-corrected chi connectivity index (χ2v) is 3.27. The van der Waals surface area contributed by atoms with E-state index >= 15 is 0 Å². The van der Waals surface area contributed by atoms with E-state index in [4.69, 9.17) is 5.26 Å². The Hall–Kier alpha value is -1.63. The second-order valence-electron chi connectivity index (χ2n) is 3.27. The largest absolute Gasteiger partial charge is 0.368 e. The number of anilines is 1. The van der Waals surface area contributed by atoms with Crippen LogP contribution in [0.2, 0.25) is 0 Å². The van der Waals surface area contributed by atoms with Gasteiger partial charge < -0.3 is 5.32 Å². The molecule has 1 N–H and O–H groups in total. The van der Waals surface area contributed by atoms with Gasteiger partial charge in [0.2, 0.25) is 0 Å². The van der Waals surface area contributed by atoms with Crippen molar-refractivity contribution < 1.29 is 0 Å². The molecule has 0 radical (unpaired) electrons. The predicted molar refractivity (Wildman–Crippen MR) is 48.0 cm³/mol. The average molecular weight is 174 g/mol. The first kappa shape index (κ1) is 7.99. The molecule has 0 amide bonds. The predicted octanol–water partition coefficient (Wildman–Crippen LogP) is 1.17. The van der Waals surface area contributed by atoms with Crippen LogP contribution in [0.5, 0.6) is 0 Å². The molecule has 1 aliphatic rings. The van der Waals surface area contributed by atoms with Crippen molar-refractivity contribution in [2.24, 2.45) is 5.92 Å². The Morgan fingerprint density at radius 1 is 1.62 bits per heavy atom. The number of nitrogens with one attached hydrogen (secondary N) is 1. The van der Waals surface area contributed by atoms with E-state index in [1.807, 2.05) is 6.07 Å². The highest BCUT2D eigenvalue weighted by Gasteiger charge is 2.20. The van der Waals surface area contributed by atoms with E-state index in [1.165, 1.54) is 19.0 Å². The van der Waals surface area contributed by atoms with Crippen LogP contribution in [0.1, 0.15) is 18.4 Å². The van der Waals surface area contributed by atoms with Crippen LogP contribution in [-0.4, -0.2) is 16.7 Å². The Labute approximate surface area is 76.6 Å². The van der Waals surface area contributed by atoms with Gasteiger partial charge in [-0.05, 0) is 18.8 Å². The molecule has 66 valence electrons. The Kier molecular flexibility index (Phi) is 2.09. The molecule has 0 spiro atoms. The van der Waals surface area contributed by atoms with Crippen LogP contribution in [0.3, 0.4) is 0 Å². The van der Waals surface area contributed by atoms with Gasteiger partial charge in [-0.25, -0.2) is 0 Å². The highest BCUT2D eigenvalue weighted by molar-refractivity contribution is 5.40. The van der Waals surface area contributed by atoms with Gasteiger partial charge in [-0.3, -0.25) is 0 Å². The fourth-order valence-electron chi connectivity index (χ4n) is 1.09. The summed E-state index contributed by atoms with van der Waals surface area (Å²) >= 11 is 0. The van der Waals surface area contributed by atoms with Crippen molar-refractivity contribution in [3.63, 3.8) is 0 Å². The highest BCUT2D eigenvalue weighted by atomic mass is 15.2. The van der Waals surface area contributed by atoms with Crippen molar-refractivity contribution >= 4 is 5.82 Å². The summed E-state index contributed by atoms with van der Waals surface area (Å²) < 4.78 is 0. The Morgan fingerprint density at radius 3 is 3.15 bits per heavy atom. The quantitative estimate of drug-likeness (QED) is 0.747. The number of rotatable bonds is 3. The molecule has 1 aliphatic carbocycles. The number of hydrogen-bond acceptors (Lipinski definition) is 4. The molecule has 1 saturated carbocycles. The molecule has 1 fully saturated rings. The van der Waals surface area contributed by atoms with E-state index in [1.54, 1.807) is 6.07 Å². The van der Waals surface area contributed by atoms with E-state index < -0.39 is 0 Å². The van der Waals surface area contributed by atoms with E-state index in [0.717, 1.165) is 12.5 Å². The second kappa shape index (κ2) is 3.40. The first-order valence-corrected chi connectivity index (χ1v) is 4.35. The van der Waals surface area contributed by atoms with Crippen molar-refractivity contribution in [3.8, 4) is 6.07 Å². The number of nitrogens with zero attached hydrogens (tertiary/aromatic N) is 3. The maximum absolute atomic E-state index is 8.61. The minimum absolute atomic E-state index is 0.549. The SMILES string of the molecule is N#Cc1cnnc(NCC2CC2)c1. The molecule has 0 aliphatic heterocycles. The maximum atomic E-state index is 8.61. The van der Waals surface area contributed by atoms with E-state index in [0.29, 0.717) is 11.4 Å². The van der Waals surface area contributed by atoms with E-state index in [-0.39, 0.29) is 0 Å². The summed E-state index contributed by atoms with van der Waals surface area (Å²) in [6.45, 7) is 0.948. The van der Waals surface area contributed by atoms with Gasteiger partial charge in [-0.1, -0.05) is 0 Å². The van der Waals surface area contributed by atoms with Gasteiger partial charge in [-0.2, -0.15) is 10.4 Å². The number of aromatic nitrogens is 2. The summed E-state index contributed by atoms with van der Waals surface area (Å²) in [5.41, 5.74) is 0.549. The molecule has 0 bridgehead atoms. The van der Waals surface area contributed by atoms with Gasteiger partial charge in [0.15, 0.2) is 0 Å². The fraction of sp³-hybridized carbons (Fsp3) is 0.444. The van der Waals surface area contributed by atoms with Crippen LogP contribution in [0.15, 0.2) is 12.3 Å². The third-order valence-electron chi connectivity index (χ3n) is 2.05. The van der Waals surface area contributed by atoms with Gasteiger partial charge >= 0.3 is 0 Å². The molecule has 4 heteroatoms. The molecule has 0 saturated heterocycles. The first-order chi connectivity index (χ1) is 6.38. The zero-order valence-electron chi connectivity index (χ0n) is 7.20. The molecular formula is C9H10N4. The third-order valence-corrected chi connectivity index (χ3v) is 2.05. The molecule has 13 heavy (non-hydrogen) atoms. The van der Waals surface area contributed by atoms with Gasteiger partial charge in [0.05, 0.1) is 11.8 Å². The molecule has 1 aromatic heterocycles. The monoisotopic (exact) mass is 174 g/mol. The Balaban J connectivity index is 1.98. The molecule has 1 heterocycles. The van der Waals surface area contributed by atoms with Crippen molar-refractivity contribution in [3.05, 3.63) is 17.8 Å². The summed E-state index contributed by atoms with van der Waals surface area (Å²) in [6, 6.07) is 3.75. The fourth-order valence-corrected chi connectivity index (χ4v) is 1.09. The summed E-state index contributed by atoms with van der Waals surface area (Å²) in [5.74, 6) is 1.50. The van der Waals surface area contributed by atoms with Gasteiger partial charge in [-0.15, -0.1) is 5.10 Å². The number of hydrogen-bond donors (Lipinski definition) is 1. The van der Waals surface area contributed by atoms with Gasteiger partial charge in [0, 0.05) is 12.6 Å². The van der Waals surface area contributed by atoms with Crippen LogP contribution in [0.4, 0.5) is 5.82 Å². The Morgan fingerprint density at radius 2 is 2.46 bits per heavy atom. The van der Waals surface area contributed by atoms with Crippen LogP contribution in [0, 0.1) is 17.2 Å². The standard InChI is InChI=1S/C9H10N4/c10-4-8-3-9(13-12-6-8)11-5-7-1-2-7/h3,6-7H,1-2,5H2,(H,11,13). The zero-order chi connectivity index (χ0) is 9.10. The maximum Gasteiger partial charge on any atom is 0.149 e. The van der Waals surface area contributed by atoms with Crippen LogP contribution < -0.4 is 5.32 Å². The van der Waals surface area contributed by atoms with E-state index in [2.05, 4.69) is 15.5 Å². The molecule has 4 nitrogen and oxygen atoms in total. The molecule has 1 aromatic rings. The summed E-state index contributed by atoms with van der Waals surface area (Å²) in [5, 5.41) is 19.4. The van der Waals surface area contributed by atoms with Crippen molar-refractivity contribution in [1.82, 2.24) is 10.2 Å². The van der Waals surface area contributed by atoms with Crippen LogP contribution in [-0.2, 0) is 0 Å². The minimum Gasteiger partial charge on any atom is -0.368 e. The third kappa shape index (κ3) is 2.15. The lowest BCUT2D eigenvalue weighted by Gasteiger charge is -2.01. The van der Waals surface area contributed by atoms with Crippen LogP contribution >= 0.6 is 0 Å². The normalized spacial score (nSPS) is 15.0. The molecular weight excluding hydrogens is 164 g/mol. The number of nitriles is 1. The van der Waals surface area contributed by atoms with Gasteiger partial charge in [0.1, 0.15) is 11.9 Å². The Bertz CT molecular complexity index is 338. The van der Waals surface area contributed by atoms with Crippen molar-refractivity contribution in [2.75, 3.05) is 11.9 Å². The molecule has 2 rings (SSSR count).